The Bertz CT molecular complexity index is 5170. The maximum Gasteiger partial charge on any atom is 2.00 e. The van der Waals surface area contributed by atoms with E-state index in [1.807, 2.05) is 12.1 Å². The van der Waals surface area contributed by atoms with E-state index in [0.29, 0.717) is 11.7 Å². The molecule has 0 saturated carbocycles. The van der Waals surface area contributed by atoms with Crippen LogP contribution in [0.15, 0.2) is 255 Å². The first-order chi connectivity index (χ1) is 46.9. The Morgan fingerprint density at radius 1 is 0.434 bits per heavy atom. The van der Waals surface area contributed by atoms with Crippen molar-refractivity contribution in [1.82, 2.24) is 0 Å². The van der Waals surface area contributed by atoms with Gasteiger partial charge in [0.05, 0.1) is 11.8 Å². The summed E-state index contributed by atoms with van der Waals surface area (Å²) in [7, 11) is 0. The minimum absolute atomic E-state index is 0. The Balaban J connectivity index is 0.000000258. The fraction of sp³-hybridized carbons (Fsp3) is 0.200. The molecule has 2 atom stereocenters. The van der Waals surface area contributed by atoms with E-state index in [9.17, 15) is 9.90 Å². The molecule has 4 heteroatoms. The van der Waals surface area contributed by atoms with Gasteiger partial charge in [-0.05, 0) is 223 Å². The van der Waals surface area contributed by atoms with Crippen LogP contribution in [0.5, 0.6) is 5.75 Å². The number of hydrogen-bond donors (Lipinski definition) is 1. The first-order valence-electron chi connectivity index (χ1n) is 34.7. The number of ether oxygens (including phenoxy) is 1. The van der Waals surface area contributed by atoms with Crippen LogP contribution in [-0.2, 0) is 52.9 Å². The predicted molar refractivity (Wildman–Crippen MR) is 408 cm³/mol. The van der Waals surface area contributed by atoms with Crippen LogP contribution in [0, 0.1) is 18.9 Å². The normalized spacial score (nSPS) is 16.9. The molecule has 0 fully saturated rings. The molecule has 17 rings (SSSR count). The van der Waals surface area contributed by atoms with Crippen LogP contribution >= 0.6 is 0 Å². The Kier molecular flexibility index (Phi) is 15.7. The SMILES string of the molecule is C/C(O)=C/C(=O)Oc1cc(-c2ccc3c(c2)C(C)(C)c2cc(-c4ccc5c(c4)C(C)(C)c4ccccc4-5)ccc2-3)cc(-c2ccc3c(c2)C(C)(C)c2cc(-c4ccc5c(c4)C(C)(C)c4ccccc4-5)ccc2-3)c1.C=C1c2ccccc2C(C)(C)C1CC([CH2-])c1[c-]c2ccccc2cc1.[Pt+2]. The molecule has 0 radical (unpaired) electrons. The number of allylic oxidation sites excluding steroid dienone is 2. The van der Waals surface area contributed by atoms with Crippen LogP contribution < -0.4 is 4.74 Å². The number of benzene rings is 12. The third-order valence-electron chi connectivity index (χ3n) is 23.2. The van der Waals surface area contributed by atoms with Gasteiger partial charge in [-0.3, -0.25) is 0 Å². The van der Waals surface area contributed by atoms with Crippen LogP contribution in [0.25, 0.3) is 105 Å². The summed E-state index contributed by atoms with van der Waals surface area (Å²) < 4.78 is 5.97. The molecular formula is C95H82O3Pt. The molecule has 0 spiro atoms. The number of carbonyl (C=O) groups is 1. The van der Waals surface area contributed by atoms with Crippen LogP contribution in [0.3, 0.4) is 0 Å². The fourth-order valence-electron chi connectivity index (χ4n) is 17.6. The maximum atomic E-state index is 13.1. The van der Waals surface area contributed by atoms with Crippen LogP contribution in [0.4, 0.5) is 0 Å². The molecule has 0 saturated heterocycles. The van der Waals surface area contributed by atoms with Gasteiger partial charge in [0, 0.05) is 21.7 Å². The van der Waals surface area contributed by atoms with Gasteiger partial charge in [0.2, 0.25) is 0 Å². The summed E-state index contributed by atoms with van der Waals surface area (Å²) in [6, 6.07) is 90.3. The Morgan fingerprint density at radius 2 is 0.778 bits per heavy atom. The van der Waals surface area contributed by atoms with E-state index in [1.165, 1.54) is 151 Å². The van der Waals surface area contributed by atoms with Crippen molar-refractivity contribution in [3.63, 3.8) is 0 Å². The van der Waals surface area contributed by atoms with Gasteiger partial charge >= 0.3 is 27.0 Å². The molecule has 0 amide bonds. The zero-order valence-electron chi connectivity index (χ0n) is 58.4. The minimum atomic E-state index is -0.626. The average Bonchev–Trinajstić information content (AvgIpc) is 1.59. The van der Waals surface area contributed by atoms with Crippen molar-refractivity contribution in [2.45, 2.75) is 116 Å². The summed E-state index contributed by atoms with van der Waals surface area (Å²) in [5, 5.41) is 12.4. The summed E-state index contributed by atoms with van der Waals surface area (Å²) in [6.07, 6.45) is 2.11. The van der Waals surface area contributed by atoms with Gasteiger partial charge in [-0.25, -0.2) is 4.79 Å². The van der Waals surface area contributed by atoms with Crippen LogP contribution in [0.1, 0.15) is 150 Å². The van der Waals surface area contributed by atoms with Crippen molar-refractivity contribution < 1.29 is 35.7 Å². The van der Waals surface area contributed by atoms with E-state index in [4.69, 9.17) is 4.74 Å². The van der Waals surface area contributed by atoms with Gasteiger partial charge in [-0.2, -0.15) is 11.5 Å². The Morgan fingerprint density at radius 3 is 1.18 bits per heavy atom. The van der Waals surface area contributed by atoms with Crippen molar-refractivity contribution in [3.8, 4) is 94.8 Å². The molecule has 99 heavy (non-hydrogen) atoms. The second-order valence-corrected chi connectivity index (χ2v) is 30.9. The fourth-order valence-corrected chi connectivity index (χ4v) is 17.6. The molecular weight excluding hydrogens is 1380 g/mol. The van der Waals surface area contributed by atoms with Crippen LogP contribution in [-0.4, -0.2) is 11.1 Å². The minimum Gasteiger partial charge on any atom is -0.512 e. The summed E-state index contributed by atoms with van der Waals surface area (Å²) in [5.74, 6) is 0.298. The van der Waals surface area contributed by atoms with Crippen molar-refractivity contribution in [2.24, 2.45) is 5.92 Å². The molecule has 1 N–H and O–H groups in total. The second-order valence-electron chi connectivity index (χ2n) is 30.9. The first-order valence-corrected chi connectivity index (χ1v) is 34.7. The topological polar surface area (TPSA) is 46.5 Å². The van der Waals surface area contributed by atoms with Crippen molar-refractivity contribution >= 4 is 22.3 Å². The summed E-state index contributed by atoms with van der Waals surface area (Å²) >= 11 is 0. The van der Waals surface area contributed by atoms with Crippen molar-refractivity contribution in [1.29, 1.82) is 0 Å². The van der Waals surface area contributed by atoms with Gasteiger partial charge in [-0.15, -0.1) is 41.1 Å². The zero-order chi connectivity index (χ0) is 68.1. The third kappa shape index (κ3) is 10.6. The number of aliphatic hydroxyl groups is 1. The molecule has 5 aliphatic rings. The van der Waals surface area contributed by atoms with E-state index >= 15 is 0 Å². The monoisotopic (exact) mass is 1470 g/mol. The van der Waals surface area contributed by atoms with Gasteiger partial charge in [0.1, 0.15) is 5.75 Å². The molecule has 490 valence electrons. The third-order valence-corrected chi connectivity index (χ3v) is 23.2. The summed E-state index contributed by atoms with van der Waals surface area (Å²) in [6.45, 7) is 33.7. The molecule has 5 aliphatic carbocycles. The number of carbonyl (C=O) groups excluding carboxylic acids is 1. The molecule has 0 bridgehead atoms. The van der Waals surface area contributed by atoms with Gasteiger partial charge in [-0.1, -0.05) is 240 Å². The van der Waals surface area contributed by atoms with E-state index in [2.05, 4.69) is 313 Å². The molecule has 3 nitrogen and oxygen atoms in total. The second kappa shape index (κ2) is 23.8. The molecule has 12 aromatic rings. The van der Waals surface area contributed by atoms with Crippen molar-refractivity contribution in [3.05, 3.63) is 329 Å². The van der Waals surface area contributed by atoms with Crippen molar-refractivity contribution in [2.75, 3.05) is 0 Å². The van der Waals surface area contributed by atoms with Gasteiger partial charge in [0.15, 0.2) is 0 Å². The number of hydrogen-bond acceptors (Lipinski definition) is 3. The summed E-state index contributed by atoms with van der Waals surface area (Å²) in [4.78, 5) is 13.1. The molecule has 12 aromatic carbocycles. The first kappa shape index (κ1) is 65.3. The molecule has 0 heterocycles. The number of fused-ring (bicyclic) bond motifs is 14. The smallest absolute Gasteiger partial charge is 0.512 e. The zero-order valence-corrected chi connectivity index (χ0v) is 60.7. The van der Waals surface area contributed by atoms with E-state index in [-0.39, 0.29) is 59.8 Å². The standard InChI is InChI=1S/C70H58O3.C25H24.Pt/c1-40(71)30-66(72)73-49-32-47(45-22-28-56-54-26-20-43(36-62(54)69(6,7)64(56)38-45)41-18-24-52-50-14-10-12-16-58(50)67(2,3)60(52)34-41)31-48(33-49)46-23-29-57-55-27-21-44(37-63(55)70(8,9)65(57)39-46)42-19-25-53-51-15-11-13-17-59(51)68(4,5)61(53)35-42;1-17(20-14-13-19-9-5-6-10-21(19)16-20)15-24-18(2)22-11-7-8-12-23(22)25(24,3)4;/h10-39,71H,1-9H3;5-14,17,24H,1-2,15H2,3-4H3;/q;-2;+2/b40-30-;;. The quantitative estimate of drug-likeness (QED) is 0.0515. The van der Waals surface area contributed by atoms with E-state index in [1.54, 1.807) is 0 Å². The molecule has 0 aromatic heterocycles. The Hall–Kier alpha value is -9.66. The van der Waals surface area contributed by atoms with E-state index in [0.717, 1.165) is 34.8 Å². The number of aliphatic hydroxyl groups excluding tert-OH is 1. The van der Waals surface area contributed by atoms with Gasteiger partial charge in [0.25, 0.3) is 0 Å². The number of esters is 1. The van der Waals surface area contributed by atoms with E-state index < -0.39 is 5.97 Å². The molecule has 0 aliphatic heterocycles. The number of rotatable bonds is 9. The Labute approximate surface area is 599 Å². The predicted octanol–water partition coefficient (Wildman–Crippen LogP) is 24.5. The average molecular weight is 1470 g/mol. The summed E-state index contributed by atoms with van der Waals surface area (Å²) in [5.41, 5.74) is 34.4. The maximum absolute atomic E-state index is 13.1. The van der Waals surface area contributed by atoms with Crippen LogP contribution in [0.2, 0.25) is 0 Å². The van der Waals surface area contributed by atoms with Gasteiger partial charge < -0.3 is 16.8 Å². The molecule has 2 unspecified atom stereocenters. The largest absolute Gasteiger partial charge is 2.00 e.